The summed E-state index contributed by atoms with van der Waals surface area (Å²) < 4.78 is 0.328. The van der Waals surface area contributed by atoms with Crippen molar-refractivity contribution < 1.29 is 5.32 Å². The second kappa shape index (κ2) is 11.9. The Morgan fingerprint density at radius 1 is 1.12 bits per heavy atom. The van der Waals surface area contributed by atoms with Gasteiger partial charge in [-0.2, -0.15) is 15.8 Å². The molecular formula is C11H10BrN5. The molecule has 0 fully saturated rings. The Balaban J connectivity index is 0. The van der Waals surface area contributed by atoms with Gasteiger partial charge in [-0.1, -0.05) is 15.9 Å². The van der Waals surface area contributed by atoms with Gasteiger partial charge in [0.15, 0.2) is 0 Å². The predicted molar refractivity (Wildman–Crippen MR) is 67.6 cm³/mol. The minimum atomic E-state index is -0.108. The molecule has 0 aromatic heterocycles. The lowest BCUT2D eigenvalue weighted by molar-refractivity contribution is -0.597. The standard InChI is InChI=1S/C9H2BrN4.C2H7N/c10-9(1-7(3-11)4-12)2-8(5-13)6-14;1-3-2/h1-2H;3H,1-2H3/q-1;/p+1/b9-1+;. The van der Waals surface area contributed by atoms with Crippen LogP contribution in [0, 0.1) is 34.0 Å². The fourth-order valence-corrected chi connectivity index (χ4v) is 0.954. The summed E-state index contributed by atoms with van der Waals surface area (Å²) >= 11 is 3.00. The molecule has 0 heterocycles. The van der Waals surface area contributed by atoms with Gasteiger partial charge in [-0.05, 0) is 12.2 Å². The summed E-state index contributed by atoms with van der Waals surface area (Å²) in [5, 5.41) is 35.6. The summed E-state index contributed by atoms with van der Waals surface area (Å²) in [4.78, 5) is 0. The molecule has 0 aliphatic carbocycles. The highest BCUT2D eigenvalue weighted by Gasteiger charge is 1.94. The molecule has 2 N–H and O–H groups in total. The van der Waals surface area contributed by atoms with Crippen LogP contribution in [0.3, 0.4) is 0 Å². The summed E-state index contributed by atoms with van der Waals surface area (Å²) in [6.45, 7) is 0. The van der Waals surface area contributed by atoms with Gasteiger partial charge in [0.2, 0.25) is 0 Å². The molecule has 0 rings (SSSR count). The maximum Gasteiger partial charge on any atom is 0.130 e. The highest BCUT2D eigenvalue weighted by Crippen LogP contribution is 2.11. The van der Waals surface area contributed by atoms with Crippen molar-refractivity contribution >= 4 is 21.8 Å². The quantitative estimate of drug-likeness (QED) is 0.460. The smallest absolute Gasteiger partial charge is 0.130 e. The second-order valence-corrected chi connectivity index (χ2v) is 3.44. The van der Waals surface area contributed by atoms with Crippen LogP contribution in [0.5, 0.6) is 0 Å². The third-order valence-electron chi connectivity index (χ3n) is 1.05. The first kappa shape index (κ1) is 17.2. The van der Waals surface area contributed by atoms with Gasteiger partial charge in [0.25, 0.3) is 0 Å². The van der Waals surface area contributed by atoms with Crippen LogP contribution < -0.4 is 5.32 Å². The third kappa shape index (κ3) is 10.1. The molecule has 0 aromatic rings. The normalized spacial score (nSPS) is 8.12. The molecule has 6 heteroatoms. The Morgan fingerprint density at radius 2 is 1.59 bits per heavy atom. The molecule has 0 amide bonds. The van der Waals surface area contributed by atoms with Crippen molar-refractivity contribution in [1.29, 1.82) is 15.8 Å². The molecule has 0 aliphatic heterocycles. The van der Waals surface area contributed by atoms with E-state index in [1.54, 1.807) is 24.1 Å². The predicted octanol–water partition coefficient (Wildman–Crippen LogP) is 0.737. The molecule has 17 heavy (non-hydrogen) atoms. The van der Waals surface area contributed by atoms with Crippen molar-refractivity contribution in [2.45, 2.75) is 0 Å². The Bertz CT molecular complexity index is 459. The van der Waals surface area contributed by atoms with Crippen molar-refractivity contribution in [2.75, 3.05) is 14.1 Å². The molecule has 0 aliphatic rings. The zero-order valence-corrected chi connectivity index (χ0v) is 11.0. The van der Waals surface area contributed by atoms with Gasteiger partial charge in [0, 0.05) is 4.48 Å². The molecule has 0 saturated carbocycles. The van der Waals surface area contributed by atoms with E-state index in [-0.39, 0.29) is 11.1 Å². The molecule has 86 valence electrons. The lowest BCUT2D eigenvalue weighted by Gasteiger charge is -1.88. The fraction of sp³-hybridized carbons (Fsp3) is 0.182. The van der Waals surface area contributed by atoms with Gasteiger partial charge < -0.3 is 10.7 Å². The van der Waals surface area contributed by atoms with Crippen LogP contribution in [0.25, 0.3) is 5.41 Å². The molecule has 0 bridgehead atoms. The average Bonchev–Trinajstić information content (AvgIpc) is 2.34. The molecule has 0 aromatic carbocycles. The van der Waals surface area contributed by atoms with Crippen LogP contribution in [-0.4, -0.2) is 20.0 Å². The van der Waals surface area contributed by atoms with Gasteiger partial charge in [-0.15, -0.1) is 0 Å². The Morgan fingerprint density at radius 3 is 1.88 bits per heavy atom. The van der Waals surface area contributed by atoms with E-state index in [0.29, 0.717) is 4.48 Å². The molecule has 0 unspecified atom stereocenters. The van der Waals surface area contributed by atoms with Gasteiger partial charge >= 0.3 is 0 Å². The van der Waals surface area contributed by atoms with Crippen LogP contribution in [0.2, 0.25) is 0 Å². The summed E-state index contributed by atoms with van der Waals surface area (Å²) in [6.07, 6.45) is 2.46. The van der Waals surface area contributed by atoms with Crippen molar-refractivity contribution in [3.05, 3.63) is 33.2 Å². The van der Waals surface area contributed by atoms with Crippen LogP contribution in [-0.2, 0) is 0 Å². The van der Waals surface area contributed by atoms with Crippen LogP contribution in [0.1, 0.15) is 0 Å². The Labute approximate surface area is 109 Å². The topological polar surface area (TPSA) is 110 Å². The summed E-state index contributed by atoms with van der Waals surface area (Å²) in [6, 6.07) is 4.94. The van der Waals surface area contributed by atoms with E-state index in [9.17, 15) is 0 Å². The number of hydrogen-bond donors (Lipinski definition) is 1. The van der Waals surface area contributed by atoms with E-state index in [2.05, 4.69) is 15.9 Å². The molecule has 0 atom stereocenters. The maximum atomic E-state index is 8.40. The lowest BCUT2D eigenvalue weighted by atomic mass is 10.2. The Hall–Kier alpha value is -2.16. The Kier molecular flexibility index (Phi) is 12.1. The molecule has 0 spiro atoms. The number of quaternary nitrogens is 1. The van der Waals surface area contributed by atoms with Crippen molar-refractivity contribution in [2.24, 2.45) is 0 Å². The van der Waals surface area contributed by atoms with Gasteiger partial charge in [0.1, 0.15) is 23.8 Å². The average molecular weight is 292 g/mol. The van der Waals surface area contributed by atoms with Crippen LogP contribution in [0.15, 0.2) is 27.8 Å². The van der Waals surface area contributed by atoms with Gasteiger partial charge in [-0.25, -0.2) is 0 Å². The highest BCUT2D eigenvalue weighted by molar-refractivity contribution is 9.11. The summed E-state index contributed by atoms with van der Waals surface area (Å²) in [5.41, 5.74) is -0.216. The van der Waals surface area contributed by atoms with E-state index in [0.717, 1.165) is 0 Å². The molecule has 0 saturated heterocycles. The van der Waals surface area contributed by atoms with Gasteiger partial charge in [0.05, 0.1) is 19.7 Å². The number of nitrogens with zero attached hydrogens (tertiary/aromatic N) is 4. The third-order valence-corrected chi connectivity index (χ3v) is 1.50. The molecule has 0 radical (unpaired) electrons. The molecule has 5 nitrogen and oxygen atoms in total. The highest BCUT2D eigenvalue weighted by atomic mass is 79.9. The first-order valence-electron chi connectivity index (χ1n) is 4.39. The fourth-order valence-electron chi connectivity index (χ4n) is 0.497. The van der Waals surface area contributed by atoms with Crippen molar-refractivity contribution in [1.82, 2.24) is 0 Å². The number of halogens is 1. The zero-order valence-electron chi connectivity index (χ0n) is 9.40. The van der Waals surface area contributed by atoms with E-state index in [4.69, 9.17) is 21.2 Å². The SMILES string of the molecule is C[NH2+]C.N#CC(=C=[N-])/C=C(/Br)C=C(C#N)C#N. The number of nitrogens with two attached hydrogens (primary N) is 1. The monoisotopic (exact) mass is 291 g/mol. The number of rotatable bonds is 2. The van der Waals surface area contributed by atoms with Gasteiger partial charge in [-0.3, -0.25) is 5.87 Å². The number of hydrogen-bond acceptors (Lipinski definition) is 3. The second-order valence-electron chi connectivity index (χ2n) is 2.53. The lowest BCUT2D eigenvalue weighted by Crippen LogP contribution is -2.74. The van der Waals surface area contributed by atoms with E-state index >= 15 is 0 Å². The maximum absolute atomic E-state index is 8.40. The first-order chi connectivity index (χ1) is 8.09. The first-order valence-corrected chi connectivity index (χ1v) is 5.19. The van der Waals surface area contributed by atoms with E-state index < -0.39 is 0 Å². The summed E-state index contributed by atoms with van der Waals surface area (Å²) in [7, 11) is 4.00. The summed E-state index contributed by atoms with van der Waals surface area (Å²) in [5.74, 6) is 1.65. The minimum absolute atomic E-state index is 0.108. The van der Waals surface area contributed by atoms with Crippen molar-refractivity contribution in [3.8, 4) is 18.2 Å². The largest absolute Gasteiger partial charge is 0.762 e. The zero-order chi connectivity index (χ0) is 13.7. The molecular weight excluding hydrogens is 282 g/mol. The van der Waals surface area contributed by atoms with E-state index in [1.165, 1.54) is 12.2 Å². The number of allylic oxidation sites excluding steroid dienone is 5. The van der Waals surface area contributed by atoms with Crippen LogP contribution in [0.4, 0.5) is 0 Å². The van der Waals surface area contributed by atoms with Crippen LogP contribution >= 0.6 is 15.9 Å². The van der Waals surface area contributed by atoms with E-state index in [1.807, 2.05) is 19.4 Å². The minimum Gasteiger partial charge on any atom is -0.762 e. The number of nitriles is 3. The van der Waals surface area contributed by atoms with Crippen molar-refractivity contribution in [3.63, 3.8) is 0 Å².